The molecule has 15 heavy (non-hydrogen) atoms. The highest BCUT2D eigenvalue weighted by Gasteiger charge is 2.51. The minimum absolute atomic E-state index is 0.141. The molecule has 3 heteroatoms. The fraction of sp³-hybridized carbons (Fsp3) is 0.333. The summed E-state index contributed by atoms with van der Waals surface area (Å²) in [5.41, 5.74) is 2.62. The molecular weight excluding hydrogens is 190 g/mol. The van der Waals surface area contributed by atoms with E-state index in [2.05, 4.69) is 20.4 Å². The van der Waals surface area contributed by atoms with E-state index in [-0.39, 0.29) is 16.0 Å². The molecule has 0 saturated heterocycles. The van der Waals surface area contributed by atoms with E-state index in [1.165, 1.54) is 5.57 Å². The van der Waals surface area contributed by atoms with Gasteiger partial charge < -0.3 is 0 Å². The van der Waals surface area contributed by atoms with Gasteiger partial charge in [-0.15, -0.1) is 0 Å². The largest absolute Gasteiger partial charge is 0.269 e. The second-order valence-electron chi connectivity index (χ2n) is 4.53. The summed E-state index contributed by atoms with van der Waals surface area (Å²) in [6.45, 7) is 8.28. The number of nitro groups is 1. The minimum Gasteiger partial charge on any atom is -0.258 e. The van der Waals surface area contributed by atoms with Gasteiger partial charge in [-0.3, -0.25) is 10.1 Å². The van der Waals surface area contributed by atoms with Gasteiger partial charge in [-0.05, 0) is 11.0 Å². The maximum Gasteiger partial charge on any atom is 0.269 e. The third kappa shape index (κ3) is 1.44. The van der Waals surface area contributed by atoms with Gasteiger partial charge in [0.2, 0.25) is 0 Å². The van der Waals surface area contributed by atoms with E-state index in [1.54, 1.807) is 12.1 Å². The van der Waals surface area contributed by atoms with Crippen LogP contribution in [0.2, 0.25) is 0 Å². The zero-order chi connectivity index (χ0) is 11.2. The summed E-state index contributed by atoms with van der Waals surface area (Å²) in [4.78, 5) is 10.1. The van der Waals surface area contributed by atoms with Crippen LogP contribution in [-0.4, -0.2) is 4.92 Å². The van der Waals surface area contributed by atoms with E-state index in [0.717, 1.165) is 5.56 Å². The predicted octanol–water partition coefficient (Wildman–Crippen LogP) is 3.27. The molecule has 1 aliphatic carbocycles. The molecule has 1 saturated carbocycles. The highest BCUT2D eigenvalue weighted by molar-refractivity contribution is 5.49. The van der Waals surface area contributed by atoms with Crippen molar-refractivity contribution in [2.75, 3.05) is 0 Å². The molecule has 1 aromatic rings. The van der Waals surface area contributed by atoms with Crippen molar-refractivity contribution in [1.82, 2.24) is 0 Å². The Hall–Kier alpha value is -1.64. The first kappa shape index (κ1) is 9.90. The van der Waals surface area contributed by atoms with Crippen molar-refractivity contribution in [3.8, 4) is 0 Å². The molecule has 0 amide bonds. The van der Waals surface area contributed by atoms with Gasteiger partial charge in [-0.1, -0.05) is 38.1 Å². The standard InChI is InChI=1S/C12H13NO2/c1-8-11(12(8,2)3)9-4-6-10(7-5-9)13(14)15/h4-7,11H,1H2,2-3H3. The third-order valence-electron chi connectivity index (χ3n) is 3.25. The minimum atomic E-state index is -0.378. The lowest BCUT2D eigenvalue weighted by Crippen LogP contribution is -1.91. The van der Waals surface area contributed by atoms with Crippen LogP contribution >= 0.6 is 0 Å². The first-order chi connectivity index (χ1) is 6.94. The van der Waals surface area contributed by atoms with E-state index in [0.29, 0.717) is 5.92 Å². The Morgan fingerprint density at radius 2 is 1.80 bits per heavy atom. The predicted molar refractivity (Wildman–Crippen MR) is 58.8 cm³/mol. The summed E-state index contributed by atoms with van der Waals surface area (Å²) >= 11 is 0. The number of allylic oxidation sites excluding steroid dienone is 1. The third-order valence-corrected chi connectivity index (χ3v) is 3.25. The summed E-state index contributed by atoms with van der Waals surface area (Å²) in [5.74, 6) is 0.360. The van der Waals surface area contributed by atoms with Crippen molar-refractivity contribution >= 4 is 5.69 Å². The van der Waals surface area contributed by atoms with Gasteiger partial charge >= 0.3 is 0 Å². The van der Waals surface area contributed by atoms with Crippen LogP contribution in [0.25, 0.3) is 0 Å². The van der Waals surface area contributed by atoms with Gasteiger partial charge in [-0.2, -0.15) is 0 Å². The molecule has 0 heterocycles. The molecule has 0 N–H and O–H groups in total. The van der Waals surface area contributed by atoms with E-state index in [4.69, 9.17) is 0 Å². The van der Waals surface area contributed by atoms with Crippen LogP contribution in [0, 0.1) is 15.5 Å². The number of nitro benzene ring substituents is 1. The molecule has 1 aromatic carbocycles. The highest BCUT2D eigenvalue weighted by Crippen LogP contribution is 2.62. The summed E-state index contributed by atoms with van der Waals surface area (Å²) in [7, 11) is 0. The average Bonchev–Trinajstić information content (AvgIpc) is 2.66. The lowest BCUT2D eigenvalue weighted by molar-refractivity contribution is -0.384. The van der Waals surface area contributed by atoms with E-state index < -0.39 is 0 Å². The van der Waals surface area contributed by atoms with Crippen LogP contribution in [-0.2, 0) is 0 Å². The van der Waals surface area contributed by atoms with E-state index >= 15 is 0 Å². The van der Waals surface area contributed by atoms with Crippen LogP contribution in [0.15, 0.2) is 36.4 Å². The van der Waals surface area contributed by atoms with Crippen molar-refractivity contribution in [3.63, 3.8) is 0 Å². The van der Waals surface area contributed by atoms with E-state index in [9.17, 15) is 10.1 Å². The maximum atomic E-state index is 10.5. The Kier molecular flexibility index (Phi) is 1.93. The van der Waals surface area contributed by atoms with E-state index in [1.807, 2.05) is 12.1 Å². The summed E-state index contributed by atoms with van der Waals surface area (Å²) in [5, 5.41) is 10.5. The maximum absolute atomic E-state index is 10.5. The number of non-ortho nitro benzene ring substituents is 1. The Morgan fingerprint density at radius 1 is 1.33 bits per heavy atom. The van der Waals surface area contributed by atoms with Gasteiger partial charge in [0.05, 0.1) is 4.92 Å². The molecule has 0 bridgehead atoms. The summed E-state index contributed by atoms with van der Waals surface area (Å²) in [6.07, 6.45) is 0. The van der Waals surface area contributed by atoms with Gasteiger partial charge in [0.25, 0.3) is 5.69 Å². The molecule has 3 nitrogen and oxygen atoms in total. The monoisotopic (exact) mass is 203 g/mol. The van der Waals surface area contributed by atoms with Crippen molar-refractivity contribution in [3.05, 3.63) is 52.1 Å². The van der Waals surface area contributed by atoms with Crippen LogP contribution in [0.5, 0.6) is 0 Å². The van der Waals surface area contributed by atoms with Crippen molar-refractivity contribution < 1.29 is 4.92 Å². The summed E-state index contributed by atoms with van der Waals surface area (Å²) < 4.78 is 0. The van der Waals surface area contributed by atoms with Crippen LogP contribution < -0.4 is 0 Å². The fourth-order valence-corrected chi connectivity index (χ4v) is 2.04. The molecular formula is C12H13NO2. The molecule has 1 unspecified atom stereocenters. The van der Waals surface area contributed by atoms with Crippen molar-refractivity contribution in [2.24, 2.45) is 5.41 Å². The average molecular weight is 203 g/mol. The summed E-state index contributed by atoms with van der Waals surface area (Å²) in [6, 6.07) is 6.75. The van der Waals surface area contributed by atoms with Crippen molar-refractivity contribution in [2.45, 2.75) is 19.8 Å². The molecule has 0 aliphatic heterocycles. The molecule has 1 atom stereocenters. The molecule has 78 valence electrons. The van der Waals surface area contributed by atoms with Gasteiger partial charge in [0.15, 0.2) is 0 Å². The number of nitrogens with zero attached hydrogens (tertiary/aromatic N) is 1. The lowest BCUT2D eigenvalue weighted by Gasteiger charge is -2.01. The van der Waals surface area contributed by atoms with Crippen molar-refractivity contribution in [1.29, 1.82) is 0 Å². The quantitative estimate of drug-likeness (QED) is 0.420. The lowest BCUT2D eigenvalue weighted by atomic mass is 10.0. The zero-order valence-corrected chi connectivity index (χ0v) is 8.86. The Labute approximate surface area is 88.6 Å². The molecule has 1 fully saturated rings. The normalized spacial score (nSPS) is 22.5. The van der Waals surface area contributed by atoms with Gasteiger partial charge in [0, 0.05) is 18.1 Å². The number of rotatable bonds is 2. The topological polar surface area (TPSA) is 43.1 Å². The molecule has 0 aromatic heterocycles. The first-order valence-electron chi connectivity index (χ1n) is 4.88. The zero-order valence-electron chi connectivity index (χ0n) is 8.86. The highest BCUT2D eigenvalue weighted by atomic mass is 16.6. The molecule has 0 spiro atoms. The van der Waals surface area contributed by atoms with Gasteiger partial charge in [-0.25, -0.2) is 0 Å². The second kappa shape index (κ2) is 2.92. The number of benzene rings is 1. The van der Waals surface area contributed by atoms with Crippen LogP contribution in [0.3, 0.4) is 0 Å². The van der Waals surface area contributed by atoms with Crippen LogP contribution in [0.4, 0.5) is 5.69 Å². The van der Waals surface area contributed by atoms with Gasteiger partial charge in [0.1, 0.15) is 0 Å². The fourth-order valence-electron chi connectivity index (χ4n) is 2.04. The Balaban J connectivity index is 2.27. The first-order valence-corrected chi connectivity index (χ1v) is 4.88. The molecule has 1 aliphatic rings. The number of hydrogen-bond acceptors (Lipinski definition) is 2. The molecule has 2 rings (SSSR count). The number of hydrogen-bond donors (Lipinski definition) is 0. The van der Waals surface area contributed by atoms with Crippen LogP contribution in [0.1, 0.15) is 25.3 Å². The SMILES string of the molecule is C=C1C(c2ccc([N+](=O)[O-])cc2)C1(C)C. The Morgan fingerprint density at radius 3 is 2.13 bits per heavy atom. The smallest absolute Gasteiger partial charge is 0.258 e. The Bertz CT molecular complexity index is 431. The second-order valence-corrected chi connectivity index (χ2v) is 4.53. The molecule has 0 radical (unpaired) electrons.